The minimum Gasteiger partial charge on any atom is -0.467 e. The van der Waals surface area contributed by atoms with E-state index in [0.29, 0.717) is 13.1 Å². The molecule has 0 aliphatic heterocycles. The molecule has 0 aliphatic carbocycles. The Morgan fingerprint density at radius 1 is 1.20 bits per heavy atom. The van der Waals surface area contributed by atoms with Gasteiger partial charge in [-0.15, -0.1) is 0 Å². The van der Waals surface area contributed by atoms with Crippen LogP contribution in [0.5, 0.6) is 0 Å². The van der Waals surface area contributed by atoms with E-state index in [2.05, 4.69) is 29.7 Å². The maximum absolute atomic E-state index is 11.9. The Kier molecular flexibility index (Phi) is 4.96. The molecule has 0 saturated carbocycles. The summed E-state index contributed by atoms with van der Waals surface area (Å²) in [5.41, 5.74) is 2.43. The van der Waals surface area contributed by atoms with Gasteiger partial charge in [-0.1, -0.05) is 24.3 Å². The van der Waals surface area contributed by atoms with E-state index in [4.69, 9.17) is 4.42 Å². The van der Waals surface area contributed by atoms with E-state index in [1.165, 1.54) is 11.1 Å². The molecule has 1 aromatic heterocycles. The van der Waals surface area contributed by atoms with E-state index in [1.807, 2.05) is 25.1 Å². The van der Waals surface area contributed by atoms with Crippen molar-refractivity contribution in [3.63, 3.8) is 0 Å². The predicted molar refractivity (Wildman–Crippen MR) is 78.0 cm³/mol. The summed E-state index contributed by atoms with van der Waals surface area (Å²) in [6.07, 6.45) is 1.60. The fraction of sp³-hybridized carbons (Fsp3) is 0.312. The van der Waals surface area contributed by atoms with Crippen molar-refractivity contribution in [3.05, 3.63) is 59.5 Å². The Bertz CT molecular complexity index is 549. The molecule has 20 heavy (non-hydrogen) atoms. The lowest BCUT2D eigenvalue weighted by molar-refractivity contribution is -0.123. The number of benzene rings is 1. The first-order chi connectivity index (χ1) is 9.66. The second kappa shape index (κ2) is 6.91. The quantitative estimate of drug-likeness (QED) is 0.849. The number of hydrogen-bond donors (Lipinski definition) is 2. The molecule has 106 valence electrons. The van der Waals surface area contributed by atoms with Crippen LogP contribution < -0.4 is 10.6 Å². The minimum absolute atomic E-state index is 0.0324. The molecule has 4 heteroatoms. The van der Waals surface area contributed by atoms with E-state index in [1.54, 1.807) is 12.3 Å². The van der Waals surface area contributed by atoms with Crippen molar-refractivity contribution in [3.8, 4) is 0 Å². The molecule has 2 aromatic rings. The normalized spacial score (nSPS) is 12.1. The van der Waals surface area contributed by atoms with Gasteiger partial charge in [-0.2, -0.15) is 0 Å². The van der Waals surface area contributed by atoms with E-state index in [-0.39, 0.29) is 11.9 Å². The van der Waals surface area contributed by atoms with Gasteiger partial charge in [0.1, 0.15) is 5.76 Å². The van der Waals surface area contributed by atoms with Crippen molar-refractivity contribution in [2.24, 2.45) is 0 Å². The average molecular weight is 272 g/mol. The average Bonchev–Trinajstić information content (AvgIpc) is 2.97. The Balaban J connectivity index is 1.78. The van der Waals surface area contributed by atoms with Gasteiger partial charge >= 0.3 is 0 Å². The SMILES string of the molecule is Cc1ccccc1CNC(C)C(=O)NCc1ccco1. The largest absolute Gasteiger partial charge is 0.467 e. The van der Waals surface area contributed by atoms with Crippen molar-refractivity contribution < 1.29 is 9.21 Å². The van der Waals surface area contributed by atoms with Crippen molar-refractivity contribution in [1.82, 2.24) is 10.6 Å². The lowest BCUT2D eigenvalue weighted by Gasteiger charge is -2.14. The van der Waals surface area contributed by atoms with Crippen molar-refractivity contribution >= 4 is 5.91 Å². The van der Waals surface area contributed by atoms with Gasteiger partial charge in [0.25, 0.3) is 0 Å². The van der Waals surface area contributed by atoms with Gasteiger partial charge in [0.2, 0.25) is 5.91 Å². The van der Waals surface area contributed by atoms with Gasteiger partial charge in [0.05, 0.1) is 18.8 Å². The van der Waals surface area contributed by atoms with Crippen LogP contribution in [0, 0.1) is 6.92 Å². The molecule has 0 radical (unpaired) electrons. The van der Waals surface area contributed by atoms with Crippen LogP contribution in [0.15, 0.2) is 47.1 Å². The van der Waals surface area contributed by atoms with Crippen molar-refractivity contribution in [1.29, 1.82) is 0 Å². The Morgan fingerprint density at radius 2 is 2.00 bits per heavy atom. The first-order valence-corrected chi connectivity index (χ1v) is 6.75. The smallest absolute Gasteiger partial charge is 0.237 e. The number of hydrogen-bond acceptors (Lipinski definition) is 3. The Labute approximate surface area is 119 Å². The molecular weight excluding hydrogens is 252 g/mol. The number of rotatable bonds is 6. The number of carbonyl (C=O) groups excluding carboxylic acids is 1. The molecule has 1 atom stereocenters. The van der Waals surface area contributed by atoms with Crippen molar-refractivity contribution in [2.75, 3.05) is 0 Å². The van der Waals surface area contributed by atoms with Crippen LogP contribution in [0.3, 0.4) is 0 Å². The van der Waals surface area contributed by atoms with E-state index < -0.39 is 0 Å². The first-order valence-electron chi connectivity index (χ1n) is 6.75. The van der Waals surface area contributed by atoms with Crippen LogP contribution in [0.25, 0.3) is 0 Å². The lowest BCUT2D eigenvalue weighted by Crippen LogP contribution is -2.41. The van der Waals surface area contributed by atoms with Crippen LogP contribution in [-0.2, 0) is 17.9 Å². The molecule has 1 aromatic carbocycles. The zero-order chi connectivity index (χ0) is 14.4. The van der Waals surface area contributed by atoms with Gasteiger partial charge in [-0.25, -0.2) is 0 Å². The highest BCUT2D eigenvalue weighted by Gasteiger charge is 2.12. The number of nitrogens with one attached hydrogen (secondary N) is 2. The van der Waals surface area contributed by atoms with Gasteiger partial charge in [0.15, 0.2) is 0 Å². The topological polar surface area (TPSA) is 54.3 Å². The third-order valence-corrected chi connectivity index (χ3v) is 3.27. The summed E-state index contributed by atoms with van der Waals surface area (Å²) in [5.74, 6) is 0.722. The van der Waals surface area contributed by atoms with Gasteiger partial charge in [-0.05, 0) is 37.1 Å². The van der Waals surface area contributed by atoms with Gasteiger partial charge in [-0.3, -0.25) is 4.79 Å². The monoisotopic (exact) mass is 272 g/mol. The van der Waals surface area contributed by atoms with E-state index in [9.17, 15) is 4.79 Å². The summed E-state index contributed by atoms with van der Waals surface area (Å²) >= 11 is 0. The van der Waals surface area contributed by atoms with E-state index >= 15 is 0 Å². The summed E-state index contributed by atoms with van der Waals surface area (Å²) in [6.45, 7) is 5.03. The number of carbonyl (C=O) groups is 1. The van der Waals surface area contributed by atoms with E-state index in [0.717, 1.165) is 5.76 Å². The molecule has 0 spiro atoms. The zero-order valence-corrected chi connectivity index (χ0v) is 11.8. The summed E-state index contributed by atoms with van der Waals surface area (Å²) < 4.78 is 5.17. The maximum atomic E-state index is 11.9. The first kappa shape index (κ1) is 14.3. The molecule has 1 unspecified atom stereocenters. The third-order valence-electron chi connectivity index (χ3n) is 3.27. The molecule has 2 N–H and O–H groups in total. The van der Waals surface area contributed by atoms with Crippen LogP contribution in [0.2, 0.25) is 0 Å². The molecule has 1 heterocycles. The lowest BCUT2D eigenvalue weighted by atomic mass is 10.1. The molecule has 0 bridgehead atoms. The molecule has 0 fully saturated rings. The second-order valence-electron chi connectivity index (χ2n) is 4.83. The van der Waals surface area contributed by atoms with Gasteiger partial charge < -0.3 is 15.1 Å². The second-order valence-corrected chi connectivity index (χ2v) is 4.83. The third kappa shape index (κ3) is 3.96. The molecule has 0 aliphatic rings. The number of aryl methyl sites for hydroxylation is 1. The number of amides is 1. The number of furan rings is 1. The summed E-state index contributed by atoms with van der Waals surface area (Å²) in [5, 5.41) is 6.07. The fourth-order valence-corrected chi connectivity index (χ4v) is 1.90. The molecular formula is C16H20N2O2. The highest BCUT2D eigenvalue weighted by molar-refractivity contribution is 5.81. The molecule has 1 amide bonds. The maximum Gasteiger partial charge on any atom is 0.237 e. The standard InChI is InChI=1S/C16H20N2O2/c1-12-6-3-4-7-14(12)10-17-13(2)16(19)18-11-15-8-5-9-20-15/h3-9,13,17H,10-11H2,1-2H3,(H,18,19). The highest BCUT2D eigenvalue weighted by Crippen LogP contribution is 2.06. The summed E-state index contributed by atoms with van der Waals surface area (Å²) in [4.78, 5) is 11.9. The molecule has 2 rings (SSSR count). The van der Waals surface area contributed by atoms with Crippen molar-refractivity contribution in [2.45, 2.75) is 33.0 Å². The highest BCUT2D eigenvalue weighted by atomic mass is 16.3. The van der Waals surface area contributed by atoms with Crippen LogP contribution in [0.1, 0.15) is 23.8 Å². The van der Waals surface area contributed by atoms with Crippen LogP contribution in [0.4, 0.5) is 0 Å². The zero-order valence-electron chi connectivity index (χ0n) is 11.8. The molecule has 0 saturated heterocycles. The molecule has 4 nitrogen and oxygen atoms in total. The fourth-order valence-electron chi connectivity index (χ4n) is 1.90. The minimum atomic E-state index is -0.246. The summed E-state index contributed by atoms with van der Waals surface area (Å²) in [6, 6.07) is 11.6. The Morgan fingerprint density at radius 3 is 2.70 bits per heavy atom. The van der Waals surface area contributed by atoms with Gasteiger partial charge in [0, 0.05) is 6.54 Å². The van der Waals surface area contributed by atoms with Crippen LogP contribution in [-0.4, -0.2) is 11.9 Å². The Hall–Kier alpha value is -2.07. The predicted octanol–water partition coefficient (Wildman–Crippen LogP) is 2.38. The summed E-state index contributed by atoms with van der Waals surface area (Å²) in [7, 11) is 0. The van der Waals surface area contributed by atoms with Crippen LogP contribution >= 0.6 is 0 Å².